The number of benzene rings is 2. The summed E-state index contributed by atoms with van der Waals surface area (Å²) >= 11 is 0. The SMILES string of the molecule is C=CCNS(=O)(=O)c1cccc(C(=O)Nc2cccc(NC(=O)CC)c2)c1. The van der Waals surface area contributed by atoms with Crippen molar-refractivity contribution in [2.45, 2.75) is 18.2 Å². The first kappa shape index (κ1) is 20.3. The van der Waals surface area contributed by atoms with Gasteiger partial charge in [0.25, 0.3) is 5.91 Å². The predicted molar refractivity (Wildman–Crippen MR) is 105 cm³/mol. The predicted octanol–water partition coefficient (Wildman–Crippen LogP) is 2.75. The molecule has 7 nitrogen and oxygen atoms in total. The van der Waals surface area contributed by atoms with Gasteiger partial charge in [-0.05, 0) is 36.4 Å². The summed E-state index contributed by atoms with van der Waals surface area (Å²) in [6, 6.07) is 12.4. The van der Waals surface area contributed by atoms with E-state index in [0.717, 1.165) is 0 Å². The van der Waals surface area contributed by atoms with E-state index in [9.17, 15) is 18.0 Å². The fraction of sp³-hybridized carbons (Fsp3) is 0.158. The second kappa shape index (κ2) is 9.11. The van der Waals surface area contributed by atoms with Crippen LogP contribution < -0.4 is 15.4 Å². The van der Waals surface area contributed by atoms with Gasteiger partial charge in [0.1, 0.15) is 0 Å². The molecule has 0 bridgehead atoms. The van der Waals surface area contributed by atoms with Crippen LogP contribution in [0.4, 0.5) is 11.4 Å². The molecular formula is C19H21N3O4S. The molecule has 0 fully saturated rings. The van der Waals surface area contributed by atoms with E-state index in [1.54, 1.807) is 31.2 Å². The van der Waals surface area contributed by atoms with Crippen molar-refractivity contribution < 1.29 is 18.0 Å². The van der Waals surface area contributed by atoms with Crippen LogP contribution in [-0.4, -0.2) is 26.8 Å². The first-order valence-corrected chi connectivity index (χ1v) is 9.76. The highest BCUT2D eigenvalue weighted by molar-refractivity contribution is 7.89. The number of amides is 2. The molecule has 2 rings (SSSR count). The molecule has 142 valence electrons. The minimum absolute atomic E-state index is 0.0130. The van der Waals surface area contributed by atoms with Gasteiger partial charge in [-0.15, -0.1) is 6.58 Å². The molecule has 0 spiro atoms. The van der Waals surface area contributed by atoms with Crippen LogP contribution >= 0.6 is 0 Å². The Balaban J connectivity index is 2.17. The first-order valence-electron chi connectivity index (χ1n) is 8.27. The third kappa shape index (κ3) is 5.77. The van der Waals surface area contributed by atoms with Crippen LogP contribution in [0.5, 0.6) is 0 Å². The number of nitrogens with one attached hydrogen (secondary N) is 3. The molecule has 0 aliphatic rings. The smallest absolute Gasteiger partial charge is 0.255 e. The number of rotatable bonds is 8. The zero-order chi connectivity index (χ0) is 19.9. The Morgan fingerprint density at radius 2 is 1.70 bits per heavy atom. The summed E-state index contributed by atoms with van der Waals surface area (Å²) in [5.41, 5.74) is 1.23. The van der Waals surface area contributed by atoms with Gasteiger partial charge in [-0.1, -0.05) is 25.1 Å². The maximum atomic E-state index is 12.5. The minimum atomic E-state index is -3.72. The van der Waals surface area contributed by atoms with E-state index in [1.165, 1.54) is 30.3 Å². The Bertz CT molecular complexity index is 955. The number of carbonyl (C=O) groups excluding carboxylic acids is 2. The Kier molecular flexibility index (Phi) is 6.86. The fourth-order valence-corrected chi connectivity index (χ4v) is 3.23. The van der Waals surface area contributed by atoms with Crippen molar-refractivity contribution in [3.63, 3.8) is 0 Å². The molecule has 0 radical (unpaired) electrons. The summed E-state index contributed by atoms with van der Waals surface area (Å²) < 4.78 is 26.7. The van der Waals surface area contributed by atoms with Gasteiger partial charge in [-0.2, -0.15) is 0 Å². The molecule has 0 saturated carbocycles. The average Bonchev–Trinajstić information content (AvgIpc) is 2.66. The van der Waals surface area contributed by atoms with Gasteiger partial charge in [0.2, 0.25) is 15.9 Å². The number of carbonyl (C=O) groups is 2. The van der Waals surface area contributed by atoms with Crippen molar-refractivity contribution in [3.8, 4) is 0 Å². The van der Waals surface area contributed by atoms with Gasteiger partial charge < -0.3 is 10.6 Å². The monoisotopic (exact) mass is 387 g/mol. The lowest BCUT2D eigenvalue weighted by Gasteiger charge is -2.10. The van der Waals surface area contributed by atoms with Gasteiger partial charge in [0.05, 0.1) is 4.90 Å². The Morgan fingerprint density at radius 3 is 2.37 bits per heavy atom. The van der Waals surface area contributed by atoms with Crippen LogP contribution in [0.15, 0.2) is 66.1 Å². The number of hydrogen-bond donors (Lipinski definition) is 3. The van der Waals surface area contributed by atoms with Crippen LogP contribution in [0.2, 0.25) is 0 Å². The van der Waals surface area contributed by atoms with Crippen LogP contribution in [0.3, 0.4) is 0 Å². The molecule has 2 aromatic carbocycles. The lowest BCUT2D eigenvalue weighted by atomic mass is 10.2. The normalized spacial score (nSPS) is 10.9. The van der Waals surface area contributed by atoms with Crippen molar-refractivity contribution in [1.29, 1.82) is 0 Å². The molecular weight excluding hydrogens is 366 g/mol. The topological polar surface area (TPSA) is 104 Å². The molecule has 0 saturated heterocycles. The molecule has 0 unspecified atom stereocenters. The lowest BCUT2D eigenvalue weighted by molar-refractivity contribution is -0.115. The molecule has 0 aliphatic heterocycles. The Hall–Kier alpha value is -2.97. The van der Waals surface area contributed by atoms with Crippen LogP contribution in [-0.2, 0) is 14.8 Å². The van der Waals surface area contributed by atoms with Gasteiger partial charge >= 0.3 is 0 Å². The van der Waals surface area contributed by atoms with E-state index in [-0.39, 0.29) is 22.9 Å². The third-order valence-electron chi connectivity index (χ3n) is 3.55. The minimum Gasteiger partial charge on any atom is -0.326 e. The van der Waals surface area contributed by atoms with Crippen molar-refractivity contribution in [1.82, 2.24) is 4.72 Å². The Morgan fingerprint density at radius 1 is 1.04 bits per heavy atom. The van der Waals surface area contributed by atoms with Gasteiger partial charge in [0, 0.05) is 29.9 Å². The Labute approximate surface area is 158 Å². The van der Waals surface area contributed by atoms with Crippen LogP contribution in [0.1, 0.15) is 23.7 Å². The molecule has 2 aromatic rings. The molecule has 3 N–H and O–H groups in total. The van der Waals surface area contributed by atoms with E-state index in [4.69, 9.17) is 0 Å². The average molecular weight is 387 g/mol. The summed E-state index contributed by atoms with van der Waals surface area (Å²) in [4.78, 5) is 23.9. The van der Waals surface area contributed by atoms with Crippen molar-refractivity contribution in [2.75, 3.05) is 17.2 Å². The molecule has 27 heavy (non-hydrogen) atoms. The molecule has 0 aromatic heterocycles. The van der Waals surface area contributed by atoms with E-state index in [1.807, 2.05) is 0 Å². The second-order valence-corrected chi connectivity index (χ2v) is 7.37. The van der Waals surface area contributed by atoms with Crippen LogP contribution in [0.25, 0.3) is 0 Å². The van der Waals surface area contributed by atoms with Gasteiger partial charge in [0.15, 0.2) is 0 Å². The largest absolute Gasteiger partial charge is 0.326 e. The number of sulfonamides is 1. The van der Waals surface area contributed by atoms with Crippen molar-refractivity contribution >= 4 is 33.2 Å². The summed E-state index contributed by atoms with van der Waals surface area (Å²) in [5, 5.41) is 5.40. The summed E-state index contributed by atoms with van der Waals surface area (Å²) in [5.74, 6) is -0.599. The summed E-state index contributed by atoms with van der Waals surface area (Å²) in [6.07, 6.45) is 1.77. The third-order valence-corrected chi connectivity index (χ3v) is 4.97. The fourth-order valence-electron chi connectivity index (χ4n) is 2.18. The standard InChI is InChI=1S/C19H21N3O4S/c1-3-11-20-27(25,26)17-10-5-7-14(12-17)19(24)22-16-9-6-8-15(13-16)21-18(23)4-2/h3,5-10,12-13,20H,1,4,11H2,2H3,(H,21,23)(H,22,24). The molecule has 0 heterocycles. The number of anilines is 2. The summed E-state index contributed by atoms with van der Waals surface area (Å²) in [7, 11) is -3.72. The molecule has 8 heteroatoms. The highest BCUT2D eigenvalue weighted by atomic mass is 32.2. The maximum absolute atomic E-state index is 12.5. The van der Waals surface area contributed by atoms with E-state index < -0.39 is 15.9 Å². The molecule has 0 aliphatic carbocycles. The van der Waals surface area contributed by atoms with Crippen molar-refractivity contribution in [2.24, 2.45) is 0 Å². The molecule has 2 amide bonds. The van der Waals surface area contributed by atoms with Crippen molar-refractivity contribution in [3.05, 3.63) is 66.7 Å². The first-order chi connectivity index (χ1) is 12.9. The van der Waals surface area contributed by atoms with E-state index >= 15 is 0 Å². The maximum Gasteiger partial charge on any atom is 0.255 e. The quantitative estimate of drug-likeness (QED) is 0.606. The highest BCUT2D eigenvalue weighted by Gasteiger charge is 2.15. The number of hydrogen-bond acceptors (Lipinski definition) is 4. The highest BCUT2D eigenvalue weighted by Crippen LogP contribution is 2.17. The lowest BCUT2D eigenvalue weighted by Crippen LogP contribution is -2.24. The van der Waals surface area contributed by atoms with Crippen LogP contribution in [0, 0.1) is 0 Å². The zero-order valence-electron chi connectivity index (χ0n) is 14.9. The molecule has 0 atom stereocenters. The van der Waals surface area contributed by atoms with Gasteiger partial charge in [-0.3, -0.25) is 9.59 Å². The van der Waals surface area contributed by atoms with E-state index in [2.05, 4.69) is 21.9 Å². The summed E-state index contributed by atoms with van der Waals surface area (Å²) in [6.45, 7) is 5.30. The zero-order valence-corrected chi connectivity index (χ0v) is 15.7. The second-order valence-electron chi connectivity index (χ2n) is 5.61. The van der Waals surface area contributed by atoms with Gasteiger partial charge in [-0.25, -0.2) is 13.1 Å². The van der Waals surface area contributed by atoms with E-state index in [0.29, 0.717) is 17.8 Å².